The third-order valence-electron chi connectivity index (χ3n) is 4.79. The Balaban J connectivity index is 1.76. The van der Waals surface area contributed by atoms with Gasteiger partial charge in [-0.05, 0) is 70.2 Å². The Hall–Kier alpha value is -2.04. The van der Waals surface area contributed by atoms with Gasteiger partial charge in [-0.15, -0.1) is 0 Å². The lowest BCUT2D eigenvalue weighted by atomic mass is 9.81. The molecule has 0 spiro atoms. The van der Waals surface area contributed by atoms with Gasteiger partial charge in [0.15, 0.2) is 0 Å². The second-order valence-electron chi connectivity index (χ2n) is 7.37. The average molecular weight is 360 g/mol. The highest BCUT2D eigenvalue weighted by molar-refractivity contribution is 5.92. The molecule has 0 bridgehead atoms. The van der Waals surface area contributed by atoms with E-state index in [1.54, 1.807) is 0 Å². The number of carbonyl (C=O) groups is 2. The van der Waals surface area contributed by atoms with Crippen LogP contribution in [0, 0.1) is 11.8 Å². The number of ether oxygens (including phenoxy) is 1. The van der Waals surface area contributed by atoms with Crippen molar-refractivity contribution in [1.82, 2.24) is 5.32 Å². The predicted octanol–water partition coefficient (Wildman–Crippen LogP) is 4.14. The second-order valence-corrected chi connectivity index (χ2v) is 7.37. The minimum absolute atomic E-state index is 0.0127. The van der Waals surface area contributed by atoms with Crippen LogP contribution in [0.2, 0.25) is 0 Å². The summed E-state index contributed by atoms with van der Waals surface area (Å²) >= 11 is 0. The molecule has 0 heterocycles. The topological polar surface area (TPSA) is 67.4 Å². The summed E-state index contributed by atoms with van der Waals surface area (Å²) in [5, 5.41) is 5.99. The molecule has 0 radical (unpaired) electrons. The maximum Gasteiger partial charge on any atom is 0.227 e. The van der Waals surface area contributed by atoms with Crippen LogP contribution in [0.4, 0.5) is 5.69 Å². The Morgan fingerprint density at radius 1 is 1.04 bits per heavy atom. The van der Waals surface area contributed by atoms with Crippen LogP contribution >= 0.6 is 0 Å². The third kappa shape index (κ3) is 6.36. The van der Waals surface area contributed by atoms with Gasteiger partial charge in [0.1, 0.15) is 5.75 Å². The van der Waals surface area contributed by atoms with Crippen LogP contribution in [0.1, 0.15) is 59.3 Å². The van der Waals surface area contributed by atoms with Crippen LogP contribution in [0.5, 0.6) is 5.75 Å². The zero-order chi connectivity index (χ0) is 18.9. The van der Waals surface area contributed by atoms with E-state index < -0.39 is 0 Å². The number of unbranched alkanes of at least 4 members (excludes halogenated alkanes) is 1. The van der Waals surface area contributed by atoms with Gasteiger partial charge >= 0.3 is 0 Å². The number of amides is 2. The maximum atomic E-state index is 12.5. The van der Waals surface area contributed by atoms with Gasteiger partial charge in [-0.1, -0.05) is 13.3 Å². The molecule has 1 aromatic rings. The van der Waals surface area contributed by atoms with Crippen LogP contribution in [0.3, 0.4) is 0 Å². The van der Waals surface area contributed by atoms with Crippen molar-refractivity contribution in [2.45, 2.75) is 65.4 Å². The van der Waals surface area contributed by atoms with Crippen molar-refractivity contribution in [3.05, 3.63) is 24.3 Å². The largest absolute Gasteiger partial charge is 0.491 e. The van der Waals surface area contributed by atoms with Gasteiger partial charge in [-0.3, -0.25) is 9.59 Å². The summed E-state index contributed by atoms with van der Waals surface area (Å²) in [5.74, 6) is 1.04. The summed E-state index contributed by atoms with van der Waals surface area (Å²) in [6, 6.07) is 7.46. The summed E-state index contributed by atoms with van der Waals surface area (Å²) < 4.78 is 5.61. The summed E-state index contributed by atoms with van der Waals surface area (Å²) in [7, 11) is 0. The molecule has 1 aromatic carbocycles. The van der Waals surface area contributed by atoms with Gasteiger partial charge in [0.05, 0.1) is 6.10 Å². The predicted molar refractivity (Wildman–Crippen MR) is 104 cm³/mol. The number of hydrogen-bond donors (Lipinski definition) is 2. The SMILES string of the molecule is CCCCNC(=O)C1CCC(C(=O)Nc2ccc(OC(C)C)cc2)CC1. The first kappa shape index (κ1) is 20.3. The standard InChI is InChI=1S/C21H32N2O3/c1-4-5-14-22-20(24)16-6-8-17(9-7-16)21(25)23-18-10-12-19(13-11-18)26-15(2)3/h10-13,15-17H,4-9,14H2,1-3H3,(H,22,24)(H,23,25). The van der Waals surface area contributed by atoms with E-state index in [1.807, 2.05) is 38.1 Å². The fourth-order valence-corrected chi connectivity index (χ4v) is 3.28. The molecule has 1 fully saturated rings. The fraction of sp³-hybridized carbons (Fsp3) is 0.619. The summed E-state index contributed by atoms with van der Waals surface area (Å²) in [4.78, 5) is 24.6. The first-order chi connectivity index (χ1) is 12.5. The number of anilines is 1. The normalized spacial score (nSPS) is 19.8. The molecule has 2 rings (SSSR count). The van der Waals surface area contributed by atoms with E-state index in [2.05, 4.69) is 17.6 Å². The molecule has 1 aliphatic rings. The fourth-order valence-electron chi connectivity index (χ4n) is 3.28. The Bertz CT molecular complexity index is 575. The highest BCUT2D eigenvalue weighted by Crippen LogP contribution is 2.30. The van der Waals surface area contributed by atoms with Gasteiger partial charge in [0.2, 0.25) is 11.8 Å². The van der Waals surface area contributed by atoms with Gasteiger partial charge in [0.25, 0.3) is 0 Å². The Kier molecular flexibility index (Phi) is 7.95. The molecule has 2 N–H and O–H groups in total. The first-order valence-corrected chi connectivity index (χ1v) is 9.85. The van der Waals surface area contributed by atoms with E-state index >= 15 is 0 Å². The van der Waals surface area contributed by atoms with E-state index in [0.29, 0.717) is 0 Å². The quantitative estimate of drug-likeness (QED) is 0.685. The van der Waals surface area contributed by atoms with Crippen molar-refractivity contribution in [2.75, 3.05) is 11.9 Å². The molecule has 2 amide bonds. The molecular formula is C21H32N2O3. The lowest BCUT2D eigenvalue weighted by Crippen LogP contribution is -2.35. The van der Waals surface area contributed by atoms with Crippen LogP contribution in [-0.2, 0) is 9.59 Å². The smallest absolute Gasteiger partial charge is 0.227 e. The Labute approximate surface area is 156 Å². The molecule has 1 aliphatic carbocycles. The van der Waals surface area contributed by atoms with Crippen LogP contribution in [-0.4, -0.2) is 24.5 Å². The van der Waals surface area contributed by atoms with Crippen molar-refractivity contribution in [2.24, 2.45) is 11.8 Å². The number of carbonyl (C=O) groups excluding carboxylic acids is 2. The molecule has 0 aliphatic heterocycles. The highest BCUT2D eigenvalue weighted by Gasteiger charge is 2.29. The zero-order valence-corrected chi connectivity index (χ0v) is 16.2. The van der Waals surface area contributed by atoms with E-state index in [1.165, 1.54) is 0 Å². The minimum Gasteiger partial charge on any atom is -0.491 e. The summed E-state index contributed by atoms with van der Waals surface area (Å²) in [5.41, 5.74) is 0.783. The van der Waals surface area contributed by atoms with Crippen molar-refractivity contribution < 1.29 is 14.3 Å². The Morgan fingerprint density at radius 2 is 1.62 bits per heavy atom. The second kappa shape index (κ2) is 10.2. The molecular weight excluding hydrogens is 328 g/mol. The average Bonchev–Trinajstić information content (AvgIpc) is 2.63. The molecule has 0 saturated heterocycles. The minimum atomic E-state index is -0.0127. The van der Waals surface area contributed by atoms with Crippen LogP contribution in [0.25, 0.3) is 0 Å². The molecule has 0 aromatic heterocycles. The summed E-state index contributed by atoms with van der Waals surface area (Å²) in [6.45, 7) is 6.83. The van der Waals surface area contributed by atoms with E-state index in [-0.39, 0.29) is 29.8 Å². The monoisotopic (exact) mass is 360 g/mol. The third-order valence-corrected chi connectivity index (χ3v) is 4.79. The van der Waals surface area contributed by atoms with Gasteiger partial charge in [-0.2, -0.15) is 0 Å². The zero-order valence-electron chi connectivity index (χ0n) is 16.2. The number of hydrogen-bond acceptors (Lipinski definition) is 3. The lowest BCUT2D eigenvalue weighted by Gasteiger charge is -2.27. The molecule has 0 unspecified atom stereocenters. The van der Waals surface area contributed by atoms with Crippen molar-refractivity contribution in [3.8, 4) is 5.75 Å². The van der Waals surface area contributed by atoms with Crippen molar-refractivity contribution >= 4 is 17.5 Å². The number of nitrogens with one attached hydrogen (secondary N) is 2. The van der Waals surface area contributed by atoms with Crippen molar-refractivity contribution in [1.29, 1.82) is 0 Å². The van der Waals surface area contributed by atoms with E-state index in [9.17, 15) is 9.59 Å². The maximum absolute atomic E-state index is 12.5. The highest BCUT2D eigenvalue weighted by atomic mass is 16.5. The first-order valence-electron chi connectivity index (χ1n) is 9.85. The molecule has 5 nitrogen and oxygen atoms in total. The van der Waals surface area contributed by atoms with Gasteiger partial charge in [0, 0.05) is 24.1 Å². The summed E-state index contributed by atoms with van der Waals surface area (Å²) in [6.07, 6.45) is 5.35. The van der Waals surface area contributed by atoms with Gasteiger partial charge < -0.3 is 15.4 Å². The number of rotatable bonds is 8. The van der Waals surface area contributed by atoms with E-state index in [4.69, 9.17) is 4.74 Å². The van der Waals surface area contributed by atoms with Gasteiger partial charge in [-0.25, -0.2) is 0 Å². The van der Waals surface area contributed by atoms with E-state index in [0.717, 1.165) is 56.5 Å². The molecule has 0 atom stereocenters. The van der Waals surface area contributed by atoms with Crippen LogP contribution < -0.4 is 15.4 Å². The molecule has 5 heteroatoms. The van der Waals surface area contributed by atoms with Crippen molar-refractivity contribution in [3.63, 3.8) is 0 Å². The van der Waals surface area contributed by atoms with Crippen LogP contribution in [0.15, 0.2) is 24.3 Å². The molecule has 26 heavy (non-hydrogen) atoms. The Morgan fingerprint density at radius 3 is 2.15 bits per heavy atom. The number of benzene rings is 1. The molecule has 1 saturated carbocycles. The molecule has 144 valence electrons. The lowest BCUT2D eigenvalue weighted by molar-refractivity contribution is -0.128.